The number of carbonyl (C=O) groups is 7. The van der Waals surface area contributed by atoms with Crippen molar-refractivity contribution in [1.82, 2.24) is 25.8 Å². The van der Waals surface area contributed by atoms with Crippen LogP contribution in [0.4, 0.5) is 14.5 Å². The molecule has 20 heteroatoms. The smallest absolute Gasteiger partial charge is 0.356 e. The SMILES string of the molecule is CC(C)(C)c1ccc(N(CCC(=O)NCCCC#Cc2cccc3c2CN(C2CCC(=O)NC2=O)C3=O)C(=O)[C@@H]2CCCN2C(=O)[C@@H](NC(=O)c2cc3cc(C(F)(F)P(=O)(O)O)ccc3s2)C(C)(C)C)cc1. The van der Waals surface area contributed by atoms with E-state index in [9.17, 15) is 56.7 Å². The van der Waals surface area contributed by atoms with Crippen LogP contribution in [-0.2, 0) is 46.2 Å². The van der Waals surface area contributed by atoms with Gasteiger partial charge in [0, 0.05) is 72.5 Å². The van der Waals surface area contributed by atoms with Crippen molar-refractivity contribution < 1.29 is 56.7 Å². The summed E-state index contributed by atoms with van der Waals surface area (Å²) < 4.78 is 41.0. The van der Waals surface area contributed by atoms with Gasteiger partial charge >= 0.3 is 13.3 Å². The fourth-order valence-corrected chi connectivity index (χ4v) is 10.5. The molecule has 5 N–H and O–H groups in total. The van der Waals surface area contributed by atoms with E-state index in [-0.39, 0.29) is 72.3 Å². The van der Waals surface area contributed by atoms with Gasteiger partial charge in [-0.3, -0.25) is 43.4 Å². The van der Waals surface area contributed by atoms with E-state index in [1.165, 1.54) is 26.8 Å². The molecule has 7 amide bonds. The fourth-order valence-electron chi connectivity index (χ4n) is 9.07. The molecule has 0 spiro atoms. The van der Waals surface area contributed by atoms with Crippen LogP contribution in [0.2, 0.25) is 0 Å². The first kappa shape index (κ1) is 53.5. The van der Waals surface area contributed by atoms with Gasteiger partial charge in [0.25, 0.3) is 11.8 Å². The molecule has 3 atom stereocenters. The average Bonchev–Trinajstić information content (AvgIpc) is 4.06. The molecular weight excluding hydrogens is 970 g/mol. The molecule has 1 unspecified atom stereocenters. The number of imide groups is 1. The van der Waals surface area contributed by atoms with Crippen LogP contribution < -0.4 is 20.9 Å². The topological polar surface area (TPSA) is 223 Å². The van der Waals surface area contributed by atoms with Gasteiger partial charge in [0.15, 0.2) is 0 Å². The number of thiophene rings is 1. The number of benzene rings is 3. The zero-order valence-electron chi connectivity index (χ0n) is 41.0. The van der Waals surface area contributed by atoms with Crippen LogP contribution in [0.1, 0.15) is 129 Å². The van der Waals surface area contributed by atoms with Gasteiger partial charge in [-0.05, 0) is 95.5 Å². The number of anilines is 1. The van der Waals surface area contributed by atoms with Gasteiger partial charge in [0.1, 0.15) is 18.1 Å². The summed E-state index contributed by atoms with van der Waals surface area (Å²) in [5.41, 5.74) is -2.99. The number of unbranched alkanes of at least 4 members (excludes halogenated alkanes) is 1. The average molecular weight is 1030 g/mol. The first-order valence-corrected chi connectivity index (χ1v) is 26.2. The van der Waals surface area contributed by atoms with Crippen molar-refractivity contribution in [1.29, 1.82) is 0 Å². The number of hydrogen-bond acceptors (Lipinski definition) is 9. The molecule has 2 saturated heterocycles. The number of nitrogens with one attached hydrogen (secondary N) is 3. The highest BCUT2D eigenvalue weighted by Crippen LogP contribution is 2.59. The molecule has 3 aliphatic rings. The maximum Gasteiger partial charge on any atom is 0.399 e. The summed E-state index contributed by atoms with van der Waals surface area (Å²) in [6.45, 7) is 12.2. The van der Waals surface area contributed by atoms with Crippen molar-refractivity contribution >= 4 is 76.1 Å². The third-order valence-electron chi connectivity index (χ3n) is 13.1. The molecule has 1 aromatic heterocycles. The lowest BCUT2D eigenvalue weighted by Gasteiger charge is -2.36. The van der Waals surface area contributed by atoms with Crippen molar-refractivity contribution in [2.45, 2.75) is 122 Å². The summed E-state index contributed by atoms with van der Waals surface area (Å²) >= 11 is 0.958. The van der Waals surface area contributed by atoms with Crippen molar-refractivity contribution in [3.05, 3.63) is 99.4 Å². The highest BCUT2D eigenvalue weighted by molar-refractivity contribution is 7.52. The molecule has 4 heterocycles. The maximum atomic E-state index is 14.7. The molecule has 382 valence electrons. The van der Waals surface area contributed by atoms with Gasteiger partial charge in [-0.1, -0.05) is 77.6 Å². The summed E-state index contributed by atoms with van der Waals surface area (Å²) in [6, 6.07) is 14.3. The number of likely N-dealkylation sites (tertiary alicyclic amines) is 1. The lowest BCUT2D eigenvalue weighted by molar-refractivity contribution is -0.141. The summed E-state index contributed by atoms with van der Waals surface area (Å²) in [4.78, 5) is 117. The van der Waals surface area contributed by atoms with E-state index in [2.05, 4.69) is 48.6 Å². The number of alkyl halides is 2. The maximum absolute atomic E-state index is 14.7. The molecule has 4 aromatic rings. The van der Waals surface area contributed by atoms with Crippen LogP contribution >= 0.6 is 18.9 Å². The Labute approximate surface area is 420 Å². The fraction of sp³-hybridized carbons (Fsp3) is 0.442. The highest BCUT2D eigenvalue weighted by atomic mass is 32.1. The molecular formula is C52H59F2N6O10PS. The van der Waals surface area contributed by atoms with E-state index in [4.69, 9.17) is 0 Å². The quantitative estimate of drug-likeness (QED) is 0.0390. The Morgan fingerprint density at radius 3 is 2.33 bits per heavy atom. The molecule has 3 aliphatic heterocycles. The third-order valence-corrected chi connectivity index (χ3v) is 15.2. The predicted molar refractivity (Wildman–Crippen MR) is 267 cm³/mol. The minimum Gasteiger partial charge on any atom is -0.356 e. The largest absolute Gasteiger partial charge is 0.399 e. The number of hydrogen-bond donors (Lipinski definition) is 5. The van der Waals surface area contributed by atoms with Crippen LogP contribution in [0, 0.1) is 17.3 Å². The zero-order chi connectivity index (χ0) is 52.5. The Balaban J connectivity index is 0.995. The summed E-state index contributed by atoms with van der Waals surface area (Å²) in [6.07, 6.45) is 2.12. The lowest BCUT2D eigenvalue weighted by Crippen LogP contribution is -2.58. The van der Waals surface area contributed by atoms with Crippen molar-refractivity contribution in [2.24, 2.45) is 5.41 Å². The minimum absolute atomic E-state index is 0.00126. The van der Waals surface area contributed by atoms with Gasteiger partial charge in [-0.25, -0.2) is 0 Å². The van der Waals surface area contributed by atoms with E-state index < -0.39 is 66.0 Å². The molecule has 0 radical (unpaired) electrons. The second-order valence-electron chi connectivity index (χ2n) is 20.4. The third kappa shape index (κ3) is 11.6. The van der Waals surface area contributed by atoms with Crippen LogP contribution in [0.25, 0.3) is 10.1 Å². The number of amides is 7. The molecule has 0 bridgehead atoms. The van der Waals surface area contributed by atoms with Gasteiger partial charge in [-0.15, -0.1) is 11.3 Å². The summed E-state index contributed by atoms with van der Waals surface area (Å²) in [7, 11) is -5.84. The Bertz CT molecular complexity index is 2930. The lowest BCUT2D eigenvalue weighted by atomic mass is 9.85. The van der Waals surface area contributed by atoms with E-state index >= 15 is 0 Å². The molecule has 2 fully saturated rings. The highest BCUT2D eigenvalue weighted by Gasteiger charge is 2.50. The molecule has 7 rings (SSSR count). The van der Waals surface area contributed by atoms with Gasteiger partial charge in [0.05, 0.1) is 4.88 Å². The Morgan fingerprint density at radius 2 is 1.67 bits per heavy atom. The molecule has 0 aliphatic carbocycles. The van der Waals surface area contributed by atoms with Gasteiger partial charge in [0.2, 0.25) is 29.5 Å². The first-order chi connectivity index (χ1) is 33.8. The zero-order valence-corrected chi connectivity index (χ0v) is 42.7. The number of rotatable bonds is 14. The normalized spacial score (nSPS) is 17.8. The second kappa shape index (κ2) is 21.0. The first-order valence-electron chi connectivity index (χ1n) is 23.8. The summed E-state index contributed by atoms with van der Waals surface area (Å²) in [5, 5.41) is 8.19. The number of fused-ring (bicyclic) bond motifs is 2. The standard InChI is InChI=1S/C52H59F2N6O10PS/c1-50(2,3)33-16-19-35(20-17-33)58(27-24-42(61)55-25-9-7-8-12-31-13-10-14-36-37(31)30-60(47(36)65)38-21-23-43(62)56-45(38)63)48(66)39-15-11-26-59(39)49(67)44(51(4,5)6)57-46(64)41-29-32-28-34(18-22-40(32)72-41)52(53,54)71(68,69)70/h10,13-14,16-20,22,28-29,38-39,44H,7,9,11,15,21,23-27,30H2,1-6H3,(H,55,61)(H,57,64)(H,56,62,63)(H2,68,69,70)/t38?,39-,44+/m0/s1. The monoisotopic (exact) mass is 1030 g/mol. The minimum atomic E-state index is -5.84. The number of nitrogens with zero attached hydrogens (tertiary/aromatic N) is 3. The van der Waals surface area contributed by atoms with E-state index in [1.54, 1.807) is 32.9 Å². The Hall–Kier alpha value is -6.32. The Kier molecular flexibility index (Phi) is 15.6. The van der Waals surface area contributed by atoms with Crippen molar-refractivity contribution in [2.75, 3.05) is 24.5 Å². The molecule has 0 saturated carbocycles. The molecule has 3 aromatic carbocycles. The van der Waals surface area contributed by atoms with Crippen LogP contribution in [0.3, 0.4) is 0 Å². The van der Waals surface area contributed by atoms with Crippen molar-refractivity contribution in [3.63, 3.8) is 0 Å². The van der Waals surface area contributed by atoms with Gasteiger partial charge in [-0.2, -0.15) is 8.78 Å². The van der Waals surface area contributed by atoms with Crippen molar-refractivity contribution in [3.8, 4) is 11.8 Å². The molecule has 16 nitrogen and oxygen atoms in total. The summed E-state index contributed by atoms with van der Waals surface area (Å²) in [5.74, 6) is 3.25. The van der Waals surface area contributed by atoms with E-state index in [1.807, 2.05) is 30.3 Å². The number of halogens is 2. The van der Waals surface area contributed by atoms with Crippen LogP contribution in [0.15, 0.2) is 66.7 Å². The van der Waals surface area contributed by atoms with E-state index in [0.29, 0.717) is 53.7 Å². The predicted octanol–water partition coefficient (Wildman–Crippen LogP) is 6.69. The van der Waals surface area contributed by atoms with Crippen LogP contribution in [-0.4, -0.2) is 98.7 Å². The Morgan fingerprint density at radius 1 is 0.958 bits per heavy atom. The number of piperidine rings is 1. The van der Waals surface area contributed by atoms with Gasteiger partial charge < -0.3 is 35.1 Å². The van der Waals surface area contributed by atoms with E-state index in [0.717, 1.165) is 34.6 Å². The molecule has 72 heavy (non-hydrogen) atoms. The second-order valence-corrected chi connectivity index (χ2v) is 23.2. The van der Waals surface area contributed by atoms with Crippen LogP contribution in [0.5, 0.6) is 0 Å². The number of carbonyl (C=O) groups excluding carboxylic acids is 7.